The highest BCUT2D eigenvalue weighted by molar-refractivity contribution is 4.99. The van der Waals surface area contributed by atoms with Crippen LogP contribution in [0.2, 0.25) is 0 Å². The van der Waals surface area contributed by atoms with Crippen LogP contribution in [0.5, 0.6) is 0 Å². The molecule has 0 heterocycles. The summed E-state index contributed by atoms with van der Waals surface area (Å²) in [7, 11) is 0. The fraction of sp³-hybridized carbons (Fsp3) is 0.800. The second-order valence-electron chi connectivity index (χ2n) is 3.66. The minimum atomic E-state index is -0.570. The van der Waals surface area contributed by atoms with E-state index in [2.05, 4.69) is 13.0 Å². The monoisotopic (exact) mass is 156 g/mol. The Balaban J connectivity index is 2.49. The zero-order chi connectivity index (χ0) is 8.27. The molecule has 0 amide bonds. The van der Waals surface area contributed by atoms with Crippen molar-refractivity contribution in [2.24, 2.45) is 5.92 Å². The molecule has 1 rings (SSSR count). The van der Waals surface area contributed by atoms with E-state index in [1.165, 1.54) is 5.57 Å². The van der Waals surface area contributed by atoms with E-state index in [-0.39, 0.29) is 5.92 Å². The summed E-state index contributed by atoms with van der Waals surface area (Å²) in [5.41, 5.74) is 1.43. The van der Waals surface area contributed by atoms with Crippen LogP contribution in [0.4, 0.5) is 4.39 Å². The first-order valence-electron chi connectivity index (χ1n) is 4.50. The molecule has 0 aromatic rings. The normalized spacial score (nSPS) is 38.6. The fourth-order valence-electron chi connectivity index (χ4n) is 1.51. The second-order valence-corrected chi connectivity index (χ2v) is 3.66. The molecule has 0 N–H and O–H groups in total. The molecule has 0 radical (unpaired) electrons. The van der Waals surface area contributed by atoms with Gasteiger partial charge in [-0.3, -0.25) is 0 Å². The van der Waals surface area contributed by atoms with Crippen molar-refractivity contribution in [3.63, 3.8) is 0 Å². The van der Waals surface area contributed by atoms with Crippen LogP contribution in [0.25, 0.3) is 0 Å². The van der Waals surface area contributed by atoms with Crippen LogP contribution >= 0.6 is 0 Å². The smallest absolute Gasteiger partial charge is 0.103 e. The third-order valence-electron chi connectivity index (χ3n) is 2.55. The van der Waals surface area contributed by atoms with Gasteiger partial charge in [-0.15, -0.1) is 0 Å². The Morgan fingerprint density at radius 3 is 2.91 bits per heavy atom. The van der Waals surface area contributed by atoms with E-state index in [0.717, 1.165) is 25.7 Å². The molecule has 1 aliphatic rings. The Morgan fingerprint density at radius 2 is 2.18 bits per heavy atom. The van der Waals surface area contributed by atoms with Gasteiger partial charge in [-0.05, 0) is 38.5 Å². The van der Waals surface area contributed by atoms with Crippen molar-refractivity contribution in [2.75, 3.05) is 0 Å². The molecule has 1 unspecified atom stereocenters. The Morgan fingerprint density at radius 1 is 1.45 bits per heavy atom. The highest BCUT2D eigenvalue weighted by Crippen LogP contribution is 2.24. The van der Waals surface area contributed by atoms with Crippen molar-refractivity contribution < 1.29 is 4.39 Å². The molecule has 64 valence electrons. The Labute approximate surface area is 68.5 Å². The lowest BCUT2D eigenvalue weighted by atomic mass is 9.91. The van der Waals surface area contributed by atoms with Crippen LogP contribution in [-0.4, -0.2) is 6.17 Å². The molecule has 0 bridgehead atoms. The number of allylic oxidation sites excluding steroid dienone is 2. The van der Waals surface area contributed by atoms with Gasteiger partial charge < -0.3 is 0 Å². The van der Waals surface area contributed by atoms with Crippen molar-refractivity contribution in [2.45, 2.75) is 45.7 Å². The first kappa shape index (κ1) is 8.76. The van der Waals surface area contributed by atoms with Crippen LogP contribution < -0.4 is 0 Å². The summed E-state index contributed by atoms with van der Waals surface area (Å²) in [5.74, 6) is 0.263. The molecular formula is C10H17F. The maximum absolute atomic E-state index is 13.1. The van der Waals surface area contributed by atoms with Crippen molar-refractivity contribution >= 4 is 0 Å². The van der Waals surface area contributed by atoms with Gasteiger partial charge in [0.2, 0.25) is 0 Å². The number of alkyl halides is 1. The quantitative estimate of drug-likeness (QED) is 0.471. The van der Waals surface area contributed by atoms with Gasteiger partial charge in [-0.2, -0.15) is 0 Å². The first-order chi connectivity index (χ1) is 5.20. The summed E-state index contributed by atoms with van der Waals surface area (Å²) in [5, 5.41) is 0. The summed E-state index contributed by atoms with van der Waals surface area (Å²) in [6.07, 6.45) is 5.36. The van der Waals surface area contributed by atoms with E-state index < -0.39 is 6.17 Å². The van der Waals surface area contributed by atoms with Crippen molar-refractivity contribution in [3.8, 4) is 0 Å². The van der Waals surface area contributed by atoms with Gasteiger partial charge in [0, 0.05) is 0 Å². The van der Waals surface area contributed by atoms with E-state index in [1.807, 2.05) is 6.92 Å². The summed E-state index contributed by atoms with van der Waals surface area (Å²) < 4.78 is 13.1. The van der Waals surface area contributed by atoms with Gasteiger partial charge in [0.15, 0.2) is 0 Å². The molecule has 11 heavy (non-hydrogen) atoms. The number of rotatable bonds is 0. The van der Waals surface area contributed by atoms with Crippen molar-refractivity contribution in [3.05, 3.63) is 11.6 Å². The summed E-state index contributed by atoms with van der Waals surface area (Å²) in [6.45, 7) is 4.16. The van der Waals surface area contributed by atoms with E-state index in [1.54, 1.807) is 0 Å². The molecule has 0 spiro atoms. The second kappa shape index (κ2) is 3.89. The number of halogens is 1. The Bertz CT molecular complexity index is 149. The molecule has 0 aromatic carbocycles. The number of hydrogen-bond donors (Lipinski definition) is 0. The number of hydrogen-bond acceptors (Lipinski definition) is 0. The average molecular weight is 156 g/mol. The molecule has 0 fully saturated rings. The SMILES string of the molecule is C/C1=C/CC[C@@H](F)C(C)CC1. The third kappa shape index (κ3) is 2.64. The molecule has 1 heteroatoms. The summed E-state index contributed by atoms with van der Waals surface area (Å²) >= 11 is 0. The molecule has 1 aliphatic carbocycles. The van der Waals surface area contributed by atoms with Crippen molar-refractivity contribution in [1.29, 1.82) is 0 Å². The van der Waals surface area contributed by atoms with Gasteiger partial charge in [0.25, 0.3) is 0 Å². The lowest BCUT2D eigenvalue weighted by molar-refractivity contribution is 0.216. The van der Waals surface area contributed by atoms with E-state index in [9.17, 15) is 4.39 Å². The molecule has 0 saturated heterocycles. The first-order valence-corrected chi connectivity index (χ1v) is 4.50. The van der Waals surface area contributed by atoms with Gasteiger partial charge >= 0.3 is 0 Å². The standard InChI is InChI=1S/C10H17F/c1-8-4-3-5-10(11)9(2)7-6-8/h4,9-10H,3,5-7H2,1-2H3/b8-4-/t9?,10-/m1/s1. The Hall–Kier alpha value is -0.330. The van der Waals surface area contributed by atoms with Crippen molar-refractivity contribution in [1.82, 2.24) is 0 Å². The lowest BCUT2D eigenvalue weighted by Crippen LogP contribution is -2.13. The topological polar surface area (TPSA) is 0 Å². The predicted molar refractivity (Wildman–Crippen MR) is 46.3 cm³/mol. The highest BCUT2D eigenvalue weighted by atomic mass is 19.1. The van der Waals surface area contributed by atoms with Gasteiger partial charge in [0.05, 0.1) is 0 Å². The minimum absolute atomic E-state index is 0.263. The Kier molecular flexibility index (Phi) is 3.10. The van der Waals surface area contributed by atoms with Crippen LogP contribution in [0.3, 0.4) is 0 Å². The van der Waals surface area contributed by atoms with Crippen LogP contribution in [0.1, 0.15) is 39.5 Å². The van der Waals surface area contributed by atoms with E-state index in [0.29, 0.717) is 0 Å². The van der Waals surface area contributed by atoms with Gasteiger partial charge in [-0.1, -0.05) is 18.6 Å². The molecule has 0 nitrogen and oxygen atoms in total. The van der Waals surface area contributed by atoms with E-state index in [4.69, 9.17) is 0 Å². The zero-order valence-electron chi connectivity index (χ0n) is 7.44. The minimum Gasteiger partial charge on any atom is -0.247 e. The molecule has 0 aliphatic heterocycles. The zero-order valence-corrected chi connectivity index (χ0v) is 7.44. The van der Waals surface area contributed by atoms with Crippen LogP contribution in [0, 0.1) is 5.92 Å². The van der Waals surface area contributed by atoms with Crippen LogP contribution in [0.15, 0.2) is 11.6 Å². The summed E-state index contributed by atoms with van der Waals surface area (Å²) in [6, 6.07) is 0. The maximum Gasteiger partial charge on any atom is 0.103 e. The van der Waals surface area contributed by atoms with Crippen LogP contribution in [-0.2, 0) is 0 Å². The highest BCUT2D eigenvalue weighted by Gasteiger charge is 2.16. The van der Waals surface area contributed by atoms with Gasteiger partial charge in [0.1, 0.15) is 6.17 Å². The molecule has 0 saturated carbocycles. The lowest BCUT2D eigenvalue weighted by Gasteiger charge is -2.18. The fourth-order valence-corrected chi connectivity index (χ4v) is 1.51. The van der Waals surface area contributed by atoms with Gasteiger partial charge in [-0.25, -0.2) is 4.39 Å². The van der Waals surface area contributed by atoms with E-state index >= 15 is 0 Å². The molecule has 2 atom stereocenters. The maximum atomic E-state index is 13.1. The summed E-state index contributed by atoms with van der Waals surface area (Å²) in [4.78, 5) is 0. The largest absolute Gasteiger partial charge is 0.247 e. The molecule has 0 aromatic heterocycles. The molecular weight excluding hydrogens is 139 g/mol. The predicted octanol–water partition coefficient (Wildman–Crippen LogP) is 3.48. The third-order valence-corrected chi connectivity index (χ3v) is 2.55. The average Bonchev–Trinajstić information content (AvgIpc) is 1.98.